The monoisotopic (exact) mass is 220 g/mol. The van der Waals surface area contributed by atoms with Crippen molar-refractivity contribution in [3.8, 4) is 11.5 Å². The molecule has 1 aromatic rings. The van der Waals surface area contributed by atoms with E-state index in [9.17, 15) is 5.11 Å². The van der Waals surface area contributed by atoms with E-state index in [-0.39, 0.29) is 12.4 Å². The fourth-order valence-electron chi connectivity index (χ4n) is 1.44. The van der Waals surface area contributed by atoms with E-state index in [0.29, 0.717) is 12.2 Å². The van der Waals surface area contributed by atoms with Crippen LogP contribution in [0.4, 0.5) is 0 Å². The number of phenols is 1. The summed E-state index contributed by atoms with van der Waals surface area (Å²) in [5, 5.41) is 18.5. The molecular formula is C13H16O3. The van der Waals surface area contributed by atoms with Gasteiger partial charge in [-0.3, -0.25) is 0 Å². The van der Waals surface area contributed by atoms with Crippen LogP contribution in [0.5, 0.6) is 11.5 Å². The fraction of sp³-hybridized carbons (Fsp3) is 0.231. The zero-order chi connectivity index (χ0) is 12.0. The van der Waals surface area contributed by atoms with Crippen LogP contribution >= 0.6 is 0 Å². The number of phenolic OH excluding ortho intramolecular Hbond substituents is 1. The van der Waals surface area contributed by atoms with Crippen molar-refractivity contribution >= 4 is 6.08 Å². The summed E-state index contributed by atoms with van der Waals surface area (Å²) in [4.78, 5) is 0. The van der Waals surface area contributed by atoms with E-state index >= 15 is 0 Å². The van der Waals surface area contributed by atoms with Gasteiger partial charge in [-0.2, -0.15) is 0 Å². The molecule has 1 rings (SSSR count). The van der Waals surface area contributed by atoms with Crippen LogP contribution in [-0.4, -0.2) is 23.9 Å². The van der Waals surface area contributed by atoms with Gasteiger partial charge >= 0.3 is 0 Å². The molecular weight excluding hydrogens is 204 g/mol. The Labute approximate surface area is 95.3 Å². The third-order valence-corrected chi connectivity index (χ3v) is 2.18. The number of aromatic hydroxyl groups is 1. The van der Waals surface area contributed by atoms with Crippen LogP contribution in [0.2, 0.25) is 0 Å². The van der Waals surface area contributed by atoms with Gasteiger partial charge in [0.2, 0.25) is 0 Å². The molecule has 0 unspecified atom stereocenters. The summed E-state index contributed by atoms with van der Waals surface area (Å²) in [5.41, 5.74) is 1.63. The number of allylic oxidation sites excluding steroid dienone is 1. The number of aliphatic hydroxyl groups is 1. The lowest BCUT2D eigenvalue weighted by atomic mass is 10.1. The highest BCUT2D eigenvalue weighted by molar-refractivity contribution is 5.59. The Morgan fingerprint density at radius 3 is 2.75 bits per heavy atom. The smallest absolute Gasteiger partial charge is 0.161 e. The lowest BCUT2D eigenvalue weighted by Crippen LogP contribution is -1.90. The van der Waals surface area contributed by atoms with Crippen molar-refractivity contribution in [2.45, 2.75) is 6.42 Å². The molecule has 0 aliphatic carbocycles. The molecule has 0 bridgehead atoms. The van der Waals surface area contributed by atoms with E-state index in [4.69, 9.17) is 9.84 Å². The van der Waals surface area contributed by atoms with Gasteiger partial charge in [-0.1, -0.05) is 18.2 Å². The van der Waals surface area contributed by atoms with Crippen molar-refractivity contribution in [2.75, 3.05) is 13.7 Å². The van der Waals surface area contributed by atoms with Crippen LogP contribution in [0.15, 0.2) is 30.9 Å². The van der Waals surface area contributed by atoms with Gasteiger partial charge in [-0.15, -0.1) is 6.58 Å². The molecule has 86 valence electrons. The van der Waals surface area contributed by atoms with E-state index in [1.54, 1.807) is 24.3 Å². The number of benzene rings is 1. The SMILES string of the molecule is C=CCc1cc(C=CCO)cc(OC)c1O. The first kappa shape index (κ1) is 12.3. The van der Waals surface area contributed by atoms with Gasteiger partial charge in [0.1, 0.15) is 0 Å². The Kier molecular flexibility index (Phi) is 4.61. The van der Waals surface area contributed by atoms with Gasteiger partial charge in [0, 0.05) is 5.56 Å². The van der Waals surface area contributed by atoms with Gasteiger partial charge in [0.05, 0.1) is 13.7 Å². The maximum absolute atomic E-state index is 9.82. The van der Waals surface area contributed by atoms with E-state index in [0.717, 1.165) is 11.1 Å². The highest BCUT2D eigenvalue weighted by atomic mass is 16.5. The summed E-state index contributed by atoms with van der Waals surface area (Å²) in [6.07, 6.45) is 5.69. The topological polar surface area (TPSA) is 49.7 Å². The number of hydrogen-bond donors (Lipinski definition) is 2. The molecule has 16 heavy (non-hydrogen) atoms. The van der Waals surface area contributed by atoms with Crippen LogP contribution in [0.3, 0.4) is 0 Å². The fourth-order valence-corrected chi connectivity index (χ4v) is 1.44. The average Bonchev–Trinajstić information content (AvgIpc) is 2.30. The Morgan fingerprint density at radius 2 is 2.19 bits per heavy atom. The van der Waals surface area contributed by atoms with E-state index in [2.05, 4.69) is 6.58 Å². The van der Waals surface area contributed by atoms with Gasteiger partial charge in [-0.25, -0.2) is 0 Å². The van der Waals surface area contributed by atoms with Gasteiger partial charge in [-0.05, 0) is 24.1 Å². The highest BCUT2D eigenvalue weighted by Gasteiger charge is 2.08. The predicted molar refractivity (Wildman–Crippen MR) is 64.7 cm³/mol. The number of aliphatic hydroxyl groups excluding tert-OH is 1. The third kappa shape index (κ3) is 2.87. The molecule has 0 aliphatic rings. The molecule has 0 aliphatic heterocycles. The standard InChI is InChI=1S/C13H16O3/c1-3-5-11-8-10(6-4-7-14)9-12(16-2)13(11)15/h3-4,6,8-9,14-15H,1,5,7H2,2H3. The van der Waals surface area contributed by atoms with E-state index in [1.165, 1.54) is 7.11 Å². The molecule has 1 aromatic carbocycles. The summed E-state index contributed by atoms with van der Waals surface area (Å²) < 4.78 is 5.07. The van der Waals surface area contributed by atoms with Crippen molar-refractivity contribution in [1.29, 1.82) is 0 Å². The van der Waals surface area contributed by atoms with Crippen LogP contribution in [0.1, 0.15) is 11.1 Å². The van der Waals surface area contributed by atoms with Crippen LogP contribution in [-0.2, 0) is 6.42 Å². The van der Waals surface area contributed by atoms with E-state index < -0.39 is 0 Å². The summed E-state index contributed by atoms with van der Waals surface area (Å²) in [6, 6.07) is 3.56. The summed E-state index contributed by atoms with van der Waals surface area (Å²) in [5.74, 6) is 0.570. The molecule has 0 atom stereocenters. The number of rotatable bonds is 5. The lowest BCUT2D eigenvalue weighted by molar-refractivity contribution is 0.343. The summed E-state index contributed by atoms with van der Waals surface area (Å²) in [7, 11) is 1.51. The molecule has 0 saturated carbocycles. The van der Waals surface area contributed by atoms with Crippen molar-refractivity contribution in [3.63, 3.8) is 0 Å². The lowest BCUT2D eigenvalue weighted by Gasteiger charge is -2.09. The van der Waals surface area contributed by atoms with Crippen molar-refractivity contribution in [2.24, 2.45) is 0 Å². The van der Waals surface area contributed by atoms with Gasteiger partial charge < -0.3 is 14.9 Å². The molecule has 2 N–H and O–H groups in total. The van der Waals surface area contributed by atoms with Crippen LogP contribution in [0, 0.1) is 0 Å². The number of ether oxygens (including phenoxy) is 1. The molecule has 0 heterocycles. The maximum atomic E-state index is 9.82. The summed E-state index contributed by atoms with van der Waals surface area (Å²) in [6.45, 7) is 3.62. The first-order valence-corrected chi connectivity index (χ1v) is 5.01. The first-order valence-electron chi connectivity index (χ1n) is 5.01. The zero-order valence-corrected chi connectivity index (χ0v) is 9.31. The minimum atomic E-state index is -0.0139. The van der Waals surface area contributed by atoms with Crippen molar-refractivity contribution in [1.82, 2.24) is 0 Å². The maximum Gasteiger partial charge on any atom is 0.161 e. The van der Waals surface area contributed by atoms with Crippen molar-refractivity contribution < 1.29 is 14.9 Å². The Hall–Kier alpha value is -1.74. The Balaban J connectivity index is 3.16. The minimum absolute atomic E-state index is 0.0139. The largest absolute Gasteiger partial charge is 0.504 e. The molecule has 0 fully saturated rings. The molecule has 3 heteroatoms. The second-order valence-electron chi connectivity index (χ2n) is 3.31. The van der Waals surface area contributed by atoms with Gasteiger partial charge in [0.25, 0.3) is 0 Å². The zero-order valence-electron chi connectivity index (χ0n) is 9.31. The molecule has 0 saturated heterocycles. The molecule has 0 aromatic heterocycles. The van der Waals surface area contributed by atoms with Crippen LogP contribution < -0.4 is 4.74 Å². The average molecular weight is 220 g/mol. The predicted octanol–water partition coefficient (Wildman–Crippen LogP) is 2.13. The minimum Gasteiger partial charge on any atom is -0.504 e. The highest BCUT2D eigenvalue weighted by Crippen LogP contribution is 2.32. The molecule has 0 amide bonds. The normalized spacial score (nSPS) is 10.6. The molecule has 0 radical (unpaired) electrons. The molecule has 3 nitrogen and oxygen atoms in total. The van der Waals surface area contributed by atoms with E-state index in [1.807, 2.05) is 6.07 Å². The second-order valence-corrected chi connectivity index (χ2v) is 3.31. The Bertz CT molecular complexity index is 394. The molecule has 0 spiro atoms. The first-order chi connectivity index (χ1) is 7.72. The number of methoxy groups -OCH3 is 1. The second kappa shape index (κ2) is 5.98. The Morgan fingerprint density at radius 1 is 1.44 bits per heavy atom. The number of hydrogen-bond acceptors (Lipinski definition) is 3. The van der Waals surface area contributed by atoms with Crippen LogP contribution in [0.25, 0.3) is 6.08 Å². The summed E-state index contributed by atoms with van der Waals surface area (Å²) >= 11 is 0. The van der Waals surface area contributed by atoms with Crippen molar-refractivity contribution in [3.05, 3.63) is 42.0 Å². The quantitative estimate of drug-likeness (QED) is 0.747. The van der Waals surface area contributed by atoms with Gasteiger partial charge in [0.15, 0.2) is 11.5 Å². The third-order valence-electron chi connectivity index (χ3n) is 2.18.